The summed E-state index contributed by atoms with van der Waals surface area (Å²) in [5.41, 5.74) is 1.10. The molecule has 0 radical (unpaired) electrons. The van der Waals surface area contributed by atoms with E-state index in [9.17, 15) is 9.59 Å². The molecule has 1 aliphatic heterocycles. The van der Waals surface area contributed by atoms with Crippen LogP contribution in [0.3, 0.4) is 0 Å². The summed E-state index contributed by atoms with van der Waals surface area (Å²) in [6.07, 6.45) is 2.87. The van der Waals surface area contributed by atoms with E-state index in [-0.39, 0.29) is 28.2 Å². The summed E-state index contributed by atoms with van der Waals surface area (Å²) in [5, 5.41) is 3.24. The van der Waals surface area contributed by atoms with Gasteiger partial charge in [-0.05, 0) is 37.8 Å². The number of carbonyl (C=O) groups excluding carboxylic acids is 2. The number of likely N-dealkylation sites (tertiary alicyclic amines) is 1. The van der Waals surface area contributed by atoms with Crippen molar-refractivity contribution in [2.75, 3.05) is 13.1 Å². The van der Waals surface area contributed by atoms with Gasteiger partial charge in [0.05, 0.1) is 0 Å². The Morgan fingerprint density at radius 1 is 1.41 bits per heavy atom. The van der Waals surface area contributed by atoms with Gasteiger partial charge in [-0.1, -0.05) is 23.2 Å². The van der Waals surface area contributed by atoms with Crippen LogP contribution in [0.2, 0.25) is 10.3 Å². The molecule has 1 unspecified atom stereocenters. The van der Waals surface area contributed by atoms with Gasteiger partial charge in [0.2, 0.25) is 5.91 Å². The van der Waals surface area contributed by atoms with Gasteiger partial charge < -0.3 is 10.2 Å². The average molecular weight is 344 g/mol. The third-order valence-electron chi connectivity index (χ3n) is 3.89. The van der Waals surface area contributed by atoms with Crippen molar-refractivity contribution < 1.29 is 9.59 Å². The maximum atomic E-state index is 12.8. The second-order valence-electron chi connectivity index (χ2n) is 5.49. The van der Waals surface area contributed by atoms with Crippen molar-refractivity contribution in [3.05, 3.63) is 27.5 Å². The summed E-state index contributed by atoms with van der Waals surface area (Å²) >= 11 is 11.9. The fraction of sp³-hybridized carbons (Fsp3) is 0.533. The third-order valence-corrected chi connectivity index (χ3v) is 4.45. The Bertz CT molecular complexity index is 592. The maximum Gasteiger partial charge on any atom is 0.254 e. The molecule has 1 atom stereocenters. The van der Waals surface area contributed by atoms with Crippen LogP contribution < -0.4 is 5.32 Å². The number of amides is 2. The Morgan fingerprint density at radius 3 is 2.82 bits per heavy atom. The summed E-state index contributed by atoms with van der Waals surface area (Å²) in [6, 6.07) is 1.55. The molecule has 1 N–H and O–H groups in total. The molecule has 1 aliphatic rings. The first-order valence-corrected chi connectivity index (χ1v) is 8.03. The fourth-order valence-electron chi connectivity index (χ4n) is 2.67. The smallest absolute Gasteiger partial charge is 0.254 e. The van der Waals surface area contributed by atoms with Crippen LogP contribution in [-0.4, -0.2) is 40.8 Å². The number of nitrogens with one attached hydrogen (secondary N) is 1. The molecule has 0 aliphatic carbocycles. The van der Waals surface area contributed by atoms with Gasteiger partial charge in [0.15, 0.2) is 0 Å². The highest BCUT2D eigenvalue weighted by atomic mass is 35.5. The van der Waals surface area contributed by atoms with Crippen LogP contribution in [0.4, 0.5) is 0 Å². The summed E-state index contributed by atoms with van der Waals surface area (Å²) in [5.74, 6) is -0.206. The van der Waals surface area contributed by atoms with Crippen molar-refractivity contribution in [2.45, 2.75) is 39.2 Å². The molecule has 0 aromatic carbocycles. The molecule has 22 heavy (non-hydrogen) atoms. The zero-order valence-corrected chi connectivity index (χ0v) is 14.2. The zero-order chi connectivity index (χ0) is 16.3. The molecule has 1 saturated heterocycles. The Morgan fingerprint density at radius 2 is 2.14 bits per heavy atom. The molecule has 1 fully saturated rings. The van der Waals surface area contributed by atoms with Crippen LogP contribution >= 0.6 is 23.2 Å². The van der Waals surface area contributed by atoms with Crippen LogP contribution in [0.25, 0.3) is 0 Å². The molecule has 2 rings (SSSR count). The molecule has 1 aromatic heterocycles. The lowest BCUT2D eigenvalue weighted by Crippen LogP contribution is -2.49. The molecule has 2 amide bonds. The van der Waals surface area contributed by atoms with Gasteiger partial charge in [0, 0.05) is 31.6 Å². The molecule has 0 bridgehead atoms. The lowest BCUT2D eigenvalue weighted by atomic mass is 10.00. The minimum absolute atomic E-state index is 0.00438. The van der Waals surface area contributed by atoms with Crippen molar-refractivity contribution in [1.29, 1.82) is 0 Å². The third kappa shape index (κ3) is 3.90. The van der Waals surface area contributed by atoms with Crippen molar-refractivity contribution in [1.82, 2.24) is 15.2 Å². The summed E-state index contributed by atoms with van der Waals surface area (Å²) in [6.45, 7) is 4.36. The van der Waals surface area contributed by atoms with Crippen LogP contribution in [0.1, 0.15) is 42.1 Å². The van der Waals surface area contributed by atoms with E-state index in [0.29, 0.717) is 24.2 Å². The van der Waals surface area contributed by atoms with E-state index in [1.807, 2.05) is 0 Å². The average Bonchev–Trinajstić information content (AvgIpc) is 2.48. The number of halogens is 2. The molecule has 2 heterocycles. The lowest BCUT2D eigenvalue weighted by molar-refractivity contribution is -0.119. The minimum Gasteiger partial charge on any atom is -0.354 e. The van der Waals surface area contributed by atoms with E-state index in [1.54, 1.807) is 17.9 Å². The van der Waals surface area contributed by atoms with E-state index in [4.69, 9.17) is 23.2 Å². The number of nitrogens with zero attached hydrogens (tertiary/aromatic N) is 2. The van der Waals surface area contributed by atoms with Gasteiger partial charge in [-0.2, -0.15) is 0 Å². The standard InChI is InChI=1S/C15H19Cl2N3O2/c1-9-12(7-13(16)19-14(9)17)15(22)20-6-4-3-5-11(20)8-18-10(2)21/h7,11H,3-6,8H2,1-2H3,(H,18,21). The number of carbonyl (C=O) groups is 2. The number of piperidine rings is 1. The second-order valence-corrected chi connectivity index (χ2v) is 6.24. The molecule has 5 nitrogen and oxygen atoms in total. The molecule has 120 valence electrons. The SMILES string of the molecule is CC(=O)NCC1CCCCN1C(=O)c1cc(Cl)nc(Cl)c1C. The minimum atomic E-state index is -0.112. The van der Waals surface area contributed by atoms with Gasteiger partial charge in [-0.25, -0.2) is 4.98 Å². The highest BCUT2D eigenvalue weighted by Crippen LogP contribution is 2.25. The van der Waals surface area contributed by atoms with Crippen LogP contribution in [0.15, 0.2) is 6.07 Å². The van der Waals surface area contributed by atoms with E-state index in [2.05, 4.69) is 10.3 Å². The molecular formula is C15H19Cl2N3O2. The van der Waals surface area contributed by atoms with Crippen molar-refractivity contribution >= 4 is 35.0 Å². The van der Waals surface area contributed by atoms with Crippen molar-refractivity contribution in [2.24, 2.45) is 0 Å². The van der Waals surface area contributed by atoms with Crippen LogP contribution in [0.5, 0.6) is 0 Å². The normalized spacial score (nSPS) is 18.2. The maximum absolute atomic E-state index is 12.8. The fourth-order valence-corrected chi connectivity index (χ4v) is 3.10. The first-order chi connectivity index (χ1) is 10.4. The van der Waals surface area contributed by atoms with Gasteiger partial charge in [0.25, 0.3) is 5.91 Å². The van der Waals surface area contributed by atoms with Gasteiger partial charge in [-0.15, -0.1) is 0 Å². The Kier molecular flexibility index (Phi) is 5.64. The van der Waals surface area contributed by atoms with Crippen LogP contribution in [0, 0.1) is 6.92 Å². The van der Waals surface area contributed by atoms with E-state index in [1.165, 1.54) is 6.92 Å². The van der Waals surface area contributed by atoms with E-state index in [0.717, 1.165) is 19.3 Å². The quantitative estimate of drug-likeness (QED) is 0.858. The van der Waals surface area contributed by atoms with E-state index >= 15 is 0 Å². The number of rotatable bonds is 3. The predicted molar refractivity (Wildman–Crippen MR) is 86.4 cm³/mol. The van der Waals surface area contributed by atoms with E-state index < -0.39 is 0 Å². The molecule has 7 heteroatoms. The molecule has 0 spiro atoms. The monoisotopic (exact) mass is 343 g/mol. The first kappa shape index (κ1) is 17.0. The topological polar surface area (TPSA) is 62.3 Å². The lowest BCUT2D eigenvalue weighted by Gasteiger charge is -2.36. The summed E-state index contributed by atoms with van der Waals surface area (Å²) < 4.78 is 0. The highest BCUT2D eigenvalue weighted by molar-refractivity contribution is 6.33. The van der Waals surface area contributed by atoms with Crippen molar-refractivity contribution in [3.63, 3.8) is 0 Å². The molecule has 1 aromatic rings. The zero-order valence-electron chi connectivity index (χ0n) is 12.7. The largest absolute Gasteiger partial charge is 0.354 e. The summed E-state index contributed by atoms with van der Waals surface area (Å²) in [4.78, 5) is 29.7. The van der Waals surface area contributed by atoms with Crippen LogP contribution in [-0.2, 0) is 4.79 Å². The Balaban J connectivity index is 2.24. The number of hydrogen-bond donors (Lipinski definition) is 1. The Hall–Kier alpha value is -1.33. The first-order valence-electron chi connectivity index (χ1n) is 7.28. The number of hydrogen-bond acceptors (Lipinski definition) is 3. The molecular weight excluding hydrogens is 325 g/mol. The van der Waals surface area contributed by atoms with Gasteiger partial charge in [-0.3, -0.25) is 9.59 Å². The van der Waals surface area contributed by atoms with Gasteiger partial charge in [0.1, 0.15) is 10.3 Å². The van der Waals surface area contributed by atoms with Gasteiger partial charge >= 0.3 is 0 Å². The molecule has 0 saturated carbocycles. The Labute approximate surface area is 140 Å². The number of pyridine rings is 1. The second kappa shape index (κ2) is 7.29. The number of aromatic nitrogens is 1. The predicted octanol–water partition coefficient (Wildman–Crippen LogP) is 2.83. The highest BCUT2D eigenvalue weighted by Gasteiger charge is 2.29. The summed E-state index contributed by atoms with van der Waals surface area (Å²) in [7, 11) is 0. The van der Waals surface area contributed by atoms with Crippen molar-refractivity contribution in [3.8, 4) is 0 Å².